The van der Waals surface area contributed by atoms with Crippen molar-refractivity contribution in [3.8, 4) is 0 Å². The largest absolute Gasteiger partial charge is 0.373 e. The van der Waals surface area contributed by atoms with Crippen LogP contribution in [0.2, 0.25) is 0 Å². The third-order valence-electron chi connectivity index (χ3n) is 2.59. The van der Waals surface area contributed by atoms with Gasteiger partial charge < -0.3 is 5.32 Å². The number of pyridine rings is 1. The summed E-state index contributed by atoms with van der Waals surface area (Å²) in [4.78, 5) is 4.00. The number of nitrogens with one attached hydrogen (secondary N) is 2. The summed E-state index contributed by atoms with van der Waals surface area (Å²) in [7, 11) is -2.14. The number of aromatic nitrogens is 1. The van der Waals surface area contributed by atoms with Crippen molar-refractivity contribution in [1.82, 2.24) is 4.98 Å². The van der Waals surface area contributed by atoms with Crippen molar-refractivity contribution in [3.63, 3.8) is 0 Å². The molecule has 0 spiro atoms. The van der Waals surface area contributed by atoms with E-state index in [1.54, 1.807) is 20.0 Å². The molecule has 106 valence electrons. The number of aryl methyl sites for hydroxylation is 1. The minimum Gasteiger partial charge on any atom is -0.373 e. The molecule has 0 aliphatic carbocycles. The van der Waals surface area contributed by atoms with Gasteiger partial charge in [-0.15, -0.1) is 0 Å². The minimum absolute atomic E-state index is 0.0544. The Balaban J connectivity index is 2.35. The van der Waals surface area contributed by atoms with E-state index in [0.717, 1.165) is 6.07 Å². The molecule has 0 saturated carbocycles. The van der Waals surface area contributed by atoms with Gasteiger partial charge in [-0.3, -0.25) is 4.72 Å². The number of rotatable bonds is 4. The minimum atomic E-state index is -3.78. The molecule has 0 amide bonds. The van der Waals surface area contributed by atoms with Gasteiger partial charge in [0.15, 0.2) is 0 Å². The summed E-state index contributed by atoms with van der Waals surface area (Å²) in [5.74, 6) is -0.0587. The van der Waals surface area contributed by atoms with Crippen molar-refractivity contribution in [1.29, 1.82) is 0 Å². The predicted octanol–water partition coefficient (Wildman–Crippen LogP) is 2.37. The molecule has 1 aromatic carbocycles. The molecule has 0 aliphatic heterocycles. The first kappa shape index (κ1) is 14.3. The Hall–Kier alpha value is -2.15. The molecular formula is C13H14FN3O2S. The van der Waals surface area contributed by atoms with Crippen molar-refractivity contribution in [2.24, 2.45) is 0 Å². The van der Waals surface area contributed by atoms with Crippen LogP contribution in [0.25, 0.3) is 0 Å². The van der Waals surface area contributed by atoms with E-state index in [0.29, 0.717) is 11.4 Å². The molecule has 0 bridgehead atoms. The summed E-state index contributed by atoms with van der Waals surface area (Å²) in [5.41, 5.74) is 0.818. The Labute approximate surface area is 116 Å². The zero-order valence-electron chi connectivity index (χ0n) is 11.0. The van der Waals surface area contributed by atoms with E-state index in [-0.39, 0.29) is 10.6 Å². The van der Waals surface area contributed by atoms with Crippen molar-refractivity contribution >= 4 is 21.5 Å². The fourth-order valence-electron chi connectivity index (χ4n) is 1.72. The number of nitrogens with zero attached hydrogens (tertiary/aromatic N) is 1. The molecule has 0 unspecified atom stereocenters. The fraction of sp³-hybridized carbons (Fsp3) is 0.154. The molecule has 1 aromatic heterocycles. The Kier molecular flexibility index (Phi) is 3.89. The van der Waals surface area contributed by atoms with Gasteiger partial charge in [0.05, 0.1) is 10.6 Å². The van der Waals surface area contributed by atoms with Gasteiger partial charge in [0, 0.05) is 19.3 Å². The Morgan fingerprint density at radius 2 is 1.95 bits per heavy atom. The highest BCUT2D eigenvalue weighted by atomic mass is 32.2. The molecule has 20 heavy (non-hydrogen) atoms. The highest BCUT2D eigenvalue weighted by Gasteiger charge is 2.15. The van der Waals surface area contributed by atoms with Crippen molar-refractivity contribution in [2.45, 2.75) is 11.8 Å². The Bertz CT molecular complexity index is 712. The van der Waals surface area contributed by atoms with E-state index in [4.69, 9.17) is 0 Å². The summed E-state index contributed by atoms with van der Waals surface area (Å²) in [5, 5.41) is 2.76. The lowest BCUT2D eigenvalue weighted by Crippen LogP contribution is -2.13. The van der Waals surface area contributed by atoms with Gasteiger partial charge in [-0.2, -0.15) is 0 Å². The second-order valence-corrected chi connectivity index (χ2v) is 5.93. The maximum absolute atomic E-state index is 13.3. The topological polar surface area (TPSA) is 71.1 Å². The summed E-state index contributed by atoms with van der Waals surface area (Å²) < 4.78 is 40.0. The lowest BCUT2D eigenvalue weighted by molar-refractivity contribution is 0.601. The molecule has 2 aromatic rings. The van der Waals surface area contributed by atoms with Crippen molar-refractivity contribution in [3.05, 3.63) is 47.9 Å². The Morgan fingerprint density at radius 3 is 2.60 bits per heavy atom. The summed E-state index contributed by atoms with van der Waals surface area (Å²) >= 11 is 0. The summed E-state index contributed by atoms with van der Waals surface area (Å²) in [6.45, 7) is 1.69. The van der Waals surface area contributed by atoms with E-state index in [1.165, 1.54) is 24.4 Å². The van der Waals surface area contributed by atoms with Crippen LogP contribution in [-0.4, -0.2) is 20.4 Å². The second kappa shape index (κ2) is 5.46. The molecule has 2 rings (SSSR count). The SMILES string of the molecule is CNc1cc(S(=O)(=O)Nc2cc(C)cc(F)c2)ccn1. The summed E-state index contributed by atoms with van der Waals surface area (Å²) in [6.07, 6.45) is 1.39. The van der Waals surface area contributed by atoms with Crippen molar-refractivity contribution < 1.29 is 12.8 Å². The molecule has 0 atom stereocenters. The molecular weight excluding hydrogens is 281 g/mol. The van der Waals surface area contributed by atoms with Crippen LogP contribution >= 0.6 is 0 Å². The maximum atomic E-state index is 13.3. The first-order valence-electron chi connectivity index (χ1n) is 5.84. The molecule has 5 nitrogen and oxygen atoms in total. The molecule has 7 heteroatoms. The Morgan fingerprint density at radius 1 is 1.20 bits per heavy atom. The first-order valence-corrected chi connectivity index (χ1v) is 7.33. The van der Waals surface area contributed by atoms with Crippen LogP contribution in [0.1, 0.15) is 5.56 Å². The molecule has 0 aliphatic rings. The van der Waals surface area contributed by atoms with E-state index in [1.807, 2.05) is 0 Å². The second-order valence-electron chi connectivity index (χ2n) is 4.25. The molecule has 0 radical (unpaired) electrons. The monoisotopic (exact) mass is 295 g/mol. The van der Waals surface area contributed by atoms with Crippen LogP contribution in [0.5, 0.6) is 0 Å². The molecule has 2 N–H and O–H groups in total. The van der Waals surface area contributed by atoms with Gasteiger partial charge in [0.1, 0.15) is 11.6 Å². The lowest BCUT2D eigenvalue weighted by atomic mass is 10.2. The number of sulfonamides is 1. The van der Waals surface area contributed by atoms with E-state index >= 15 is 0 Å². The lowest BCUT2D eigenvalue weighted by Gasteiger charge is -2.09. The highest BCUT2D eigenvalue weighted by Crippen LogP contribution is 2.19. The van der Waals surface area contributed by atoms with Crippen LogP contribution in [-0.2, 0) is 10.0 Å². The number of anilines is 2. The number of hydrogen-bond donors (Lipinski definition) is 2. The van der Waals surface area contributed by atoms with Gasteiger partial charge in [-0.05, 0) is 36.8 Å². The smallest absolute Gasteiger partial charge is 0.262 e. The third kappa shape index (κ3) is 3.24. The fourth-order valence-corrected chi connectivity index (χ4v) is 2.78. The van der Waals surface area contributed by atoms with Crippen LogP contribution in [0, 0.1) is 12.7 Å². The number of halogens is 1. The summed E-state index contributed by atoms with van der Waals surface area (Å²) in [6, 6.07) is 6.78. The van der Waals surface area contributed by atoms with Gasteiger partial charge in [0.25, 0.3) is 10.0 Å². The predicted molar refractivity (Wildman–Crippen MR) is 75.7 cm³/mol. The molecule has 1 heterocycles. The van der Waals surface area contributed by atoms with Gasteiger partial charge >= 0.3 is 0 Å². The quantitative estimate of drug-likeness (QED) is 0.908. The average molecular weight is 295 g/mol. The number of hydrogen-bond acceptors (Lipinski definition) is 4. The van der Waals surface area contributed by atoms with Crippen LogP contribution in [0.15, 0.2) is 41.4 Å². The van der Waals surface area contributed by atoms with Crippen LogP contribution < -0.4 is 10.0 Å². The van der Waals surface area contributed by atoms with Gasteiger partial charge in [-0.1, -0.05) is 0 Å². The maximum Gasteiger partial charge on any atom is 0.262 e. The standard InChI is InChI=1S/C13H14FN3O2S/c1-9-5-10(14)7-11(6-9)17-20(18,19)12-3-4-16-13(8-12)15-2/h3-8,17H,1-2H3,(H,15,16). The van der Waals surface area contributed by atoms with Gasteiger partial charge in [-0.25, -0.2) is 17.8 Å². The normalized spacial score (nSPS) is 11.2. The zero-order valence-corrected chi connectivity index (χ0v) is 11.8. The first-order chi connectivity index (χ1) is 9.40. The van der Waals surface area contributed by atoms with E-state index < -0.39 is 15.8 Å². The van der Waals surface area contributed by atoms with Crippen molar-refractivity contribution in [2.75, 3.05) is 17.1 Å². The molecule has 0 saturated heterocycles. The number of benzene rings is 1. The third-order valence-corrected chi connectivity index (χ3v) is 3.97. The van der Waals surface area contributed by atoms with E-state index in [9.17, 15) is 12.8 Å². The van der Waals surface area contributed by atoms with Crippen LogP contribution in [0.3, 0.4) is 0 Å². The molecule has 0 fully saturated rings. The average Bonchev–Trinajstić information content (AvgIpc) is 2.37. The van der Waals surface area contributed by atoms with Crippen LogP contribution in [0.4, 0.5) is 15.9 Å². The van der Waals surface area contributed by atoms with E-state index in [2.05, 4.69) is 15.0 Å². The highest BCUT2D eigenvalue weighted by molar-refractivity contribution is 7.92. The zero-order chi connectivity index (χ0) is 14.8. The van der Waals surface area contributed by atoms with Gasteiger partial charge in [0.2, 0.25) is 0 Å².